The molecule has 0 aliphatic heterocycles. The van der Waals surface area contributed by atoms with Gasteiger partial charge < -0.3 is 10.2 Å². The van der Waals surface area contributed by atoms with Gasteiger partial charge in [-0.3, -0.25) is 0 Å². The van der Waals surface area contributed by atoms with Crippen LogP contribution in [0.5, 0.6) is 0 Å². The molecular formula is C13H21ClN2. The molecule has 0 fully saturated rings. The van der Waals surface area contributed by atoms with Gasteiger partial charge in [0.15, 0.2) is 0 Å². The lowest BCUT2D eigenvalue weighted by atomic mass is 10.1. The molecule has 0 bridgehead atoms. The first-order chi connectivity index (χ1) is 7.47. The largest absolute Gasteiger partial charge is 0.371 e. The van der Waals surface area contributed by atoms with Crippen LogP contribution in [0.3, 0.4) is 0 Å². The molecule has 1 aromatic carbocycles. The zero-order valence-corrected chi connectivity index (χ0v) is 11.5. The van der Waals surface area contributed by atoms with Crippen LogP contribution >= 0.6 is 11.6 Å². The number of hydrogen-bond donors (Lipinski definition) is 1. The molecule has 1 N–H and O–H groups in total. The van der Waals surface area contributed by atoms with Gasteiger partial charge in [0.2, 0.25) is 0 Å². The van der Waals surface area contributed by atoms with Crippen molar-refractivity contribution in [1.29, 1.82) is 0 Å². The quantitative estimate of drug-likeness (QED) is 0.867. The molecule has 0 saturated heterocycles. The third kappa shape index (κ3) is 2.89. The van der Waals surface area contributed by atoms with Crippen LogP contribution in [-0.2, 0) is 0 Å². The van der Waals surface area contributed by atoms with E-state index in [0.717, 1.165) is 10.7 Å². The number of rotatable bonds is 4. The van der Waals surface area contributed by atoms with Crippen LogP contribution in [0.25, 0.3) is 0 Å². The van der Waals surface area contributed by atoms with Crippen LogP contribution in [0.1, 0.15) is 32.4 Å². The highest BCUT2D eigenvalue weighted by atomic mass is 35.5. The fourth-order valence-corrected chi connectivity index (χ4v) is 1.85. The summed E-state index contributed by atoms with van der Waals surface area (Å²) >= 11 is 6.30. The first kappa shape index (κ1) is 13.3. The second-order valence-corrected chi connectivity index (χ2v) is 4.83. The normalized spacial score (nSPS) is 12.9. The fourth-order valence-electron chi connectivity index (χ4n) is 1.52. The van der Waals surface area contributed by atoms with E-state index in [1.54, 1.807) is 0 Å². The van der Waals surface area contributed by atoms with Gasteiger partial charge in [0, 0.05) is 19.1 Å². The van der Waals surface area contributed by atoms with E-state index in [0.29, 0.717) is 12.1 Å². The van der Waals surface area contributed by atoms with E-state index in [-0.39, 0.29) is 0 Å². The minimum Gasteiger partial charge on any atom is -0.371 e. The molecule has 1 aromatic rings. The highest BCUT2D eigenvalue weighted by Crippen LogP contribution is 2.29. The molecule has 0 aromatic heterocycles. The molecule has 0 aliphatic rings. The molecule has 3 heteroatoms. The summed E-state index contributed by atoms with van der Waals surface area (Å²) in [5, 5.41) is 4.02. The monoisotopic (exact) mass is 240 g/mol. The van der Waals surface area contributed by atoms with Crippen molar-refractivity contribution in [3.8, 4) is 0 Å². The van der Waals surface area contributed by atoms with E-state index < -0.39 is 0 Å². The first-order valence-electron chi connectivity index (χ1n) is 5.67. The molecule has 0 radical (unpaired) electrons. The average molecular weight is 241 g/mol. The van der Waals surface area contributed by atoms with Crippen molar-refractivity contribution in [3.63, 3.8) is 0 Å². The van der Waals surface area contributed by atoms with Gasteiger partial charge in [0.1, 0.15) is 0 Å². The molecule has 2 nitrogen and oxygen atoms in total. The van der Waals surface area contributed by atoms with Crippen molar-refractivity contribution in [2.24, 2.45) is 0 Å². The van der Waals surface area contributed by atoms with Gasteiger partial charge in [-0.15, -0.1) is 0 Å². The molecule has 1 unspecified atom stereocenters. The predicted octanol–water partition coefficient (Wildman–Crippen LogP) is 3.47. The maximum atomic E-state index is 6.30. The Hall–Kier alpha value is -0.730. The number of anilines is 1. The van der Waals surface area contributed by atoms with Crippen LogP contribution in [0, 0.1) is 0 Å². The molecule has 90 valence electrons. The van der Waals surface area contributed by atoms with Crippen molar-refractivity contribution in [1.82, 2.24) is 5.32 Å². The predicted molar refractivity (Wildman–Crippen MR) is 72.5 cm³/mol. The summed E-state index contributed by atoms with van der Waals surface area (Å²) in [5.41, 5.74) is 2.30. The van der Waals surface area contributed by atoms with Crippen molar-refractivity contribution in [3.05, 3.63) is 28.8 Å². The Bertz CT molecular complexity index is 350. The SMILES string of the molecule is CNC(C)c1ccc(N(C)C(C)C)c(Cl)c1. The molecule has 0 heterocycles. The summed E-state index contributed by atoms with van der Waals surface area (Å²) in [6.07, 6.45) is 0. The van der Waals surface area contributed by atoms with E-state index >= 15 is 0 Å². The van der Waals surface area contributed by atoms with Crippen molar-refractivity contribution in [2.75, 3.05) is 19.0 Å². The Morgan fingerprint density at radius 3 is 2.31 bits per heavy atom. The van der Waals surface area contributed by atoms with Gasteiger partial charge in [-0.25, -0.2) is 0 Å². The number of halogens is 1. The van der Waals surface area contributed by atoms with Crippen molar-refractivity contribution < 1.29 is 0 Å². The van der Waals surface area contributed by atoms with E-state index in [1.807, 2.05) is 13.1 Å². The average Bonchev–Trinajstić information content (AvgIpc) is 2.26. The summed E-state index contributed by atoms with van der Waals surface area (Å²) in [4.78, 5) is 2.18. The topological polar surface area (TPSA) is 15.3 Å². The number of benzene rings is 1. The fraction of sp³-hybridized carbons (Fsp3) is 0.538. The zero-order valence-electron chi connectivity index (χ0n) is 10.7. The van der Waals surface area contributed by atoms with Gasteiger partial charge in [-0.1, -0.05) is 17.7 Å². The summed E-state index contributed by atoms with van der Waals surface area (Å²) in [5.74, 6) is 0. The molecule has 0 amide bonds. The summed E-state index contributed by atoms with van der Waals surface area (Å²) in [7, 11) is 4.01. The van der Waals surface area contributed by atoms with Gasteiger partial charge in [-0.2, -0.15) is 0 Å². The minimum absolute atomic E-state index is 0.330. The van der Waals surface area contributed by atoms with E-state index in [1.165, 1.54) is 5.56 Å². The molecule has 0 aliphatic carbocycles. The lowest BCUT2D eigenvalue weighted by Crippen LogP contribution is -2.26. The van der Waals surface area contributed by atoms with Crippen molar-refractivity contribution in [2.45, 2.75) is 32.9 Å². The third-order valence-electron chi connectivity index (χ3n) is 3.06. The second-order valence-electron chi connectivity index (χ2n) is 4.43. The van der Waals surface area contributed by atoms with E-state index in [9.17, 15) is 0 Å². The number of nitrogens with one attached hydrogen (secondary N) is 1. The van der Waals surface area contributed by atoms with Gasteiger partial charge in [-0.05, 0) is 45.5 Å². The molecule has 0 spiro atoms. The van der Waals surface area contributed by atoms with E-state index in [4.69, 9.17) is 11.6 Å². The minimum atomic E-state index is 0.330. The first-order valence-corrected chi connectivity index (χ1v) is 6.04. The van der Waals surface area contributed by atoms with Crippen molar-refractivity contribution >= 4 is 17.3 Å². The summed E-state index contributed by atoms with van der Waals surface area (Å²) in [6.45, 7) is 6.43. The van der Waals surface area contributed by atoms with Gasteiger partial charge in [0.05, 0.1) is 10.7 Å². The Labute approximate surface area is 104 Å². The highest BCUT2D eigenvalue weighted by Gasteiger charge is 2.11. The van der Waals surface area contributed by atoms with E-state index in [2.05, 4.69) is 50.2 Å². The van der Waals surface area contributed by atoms with Crippen LogP contribution in [0.2, 0.25) is 5.02 Å². The highest BCUT2D eigenvalue weighted by molar-refractivity contribution is 6.33. The molecule has 16 heavy (non-hydrogen) atoms. The summed E-state index contributed by atoms with van der Waals surface area (Å²) < 4.78 is 0. The molecule has 1 rings (SSSR count). The Morgan fingerprint density at radius 1 is 1.25 bits per heavy atom. The lowest BCUT2D eigenvalue weighted by molar-refractivity contribution is 0.652. The maximum absolute atomic E-state index is 6.30. The Morgan fingerprint density at radius 2 is 1.88 bits per heavy atom. The summed E-state index contributed by atoms with van der Waals surface area (Å²) in [6, 6.07) is 7.03. The van der Waals surface area contributed by atoms with Gasteiger partial charge >= 0.3 is 0 Å². The molecule has 0 saturated carbocycles. The number of hydrogen-bond acceptors (Lipinski definition) is 2. The van der Waals surface area contributed by atoms with Crippen LogP contribution in [-0.4, -0.2) is 20.1 Å². The third-order valence-corrected chi connectivity index (χ3v) is 3.36. The van der Waals surface area contributed by atoms with Crippen LogP contribution < -0.4 is 10.2 Å². The maximum Gasteiger partial charge on any atom is 0.0642 e. The molecular weight excluding hydrogens is 220 g/mol. The van der Waals surface area contributed by atoms with Gasteiger partial charge in [0.25, 0.3) is 0 Å². The Balaban J connectivity index is 3.00. The number of nitrogens with zero attached hydrogens (tertiary/aromatic N) is 1. The smallest absolute Gasteiger partial charge is 0.0642 e. The zero-order chi connectivity index (χ0) is 12.3. The lowest BCUT2D eigenvalue weighted by Gasteiger charge is -2.25. The standard InChI is InChI=1S/C13H21ClN2/c1-9(2)16(5)13-7-6-11(8-12(13)14)10(3)15-4/h6-10,15H,1-5H3. The van der Waals surface area contributed by atoms with Crippen LogP contribution in [0.4, 0.5) is 5.69 Å². The van der Waals surface area contributed by atoms with Crippen LogP contribution in [0.15, 0.2) is 18.2 Å². The molecule has 1 atom stereocenters. The second kappa shape index (κ2) is 5.55. The Kier molecular flexibility index (Phi) is 4.63.